The van der Waals surface area contributed by atoms with Gasteiger partial charge in [0.2, 0.25) is 0 Å². The molecule has 0 aliphatic heterocycles. The third-order valence-electron chi connectivity index (χ3n) is 2.58. The van der Waals surface area contributed by atoms with Crippen LogP contribution < -0.4 is 5.73 Å². The molecule has 0 spiro atoms. The third-order valence-corrected chi connectivity index (χ3v) is 4.36. The molecule has 0 amide bonds. The zero-order chi connectivity index (χ0) is 15.2. The van der Waals surface area contributed by atoms with Crippen molar-refractivity contribution in [1.82, 2.24) is 13.9 Å². The maximum Gasteiger partial charge on any atom is 0.262 e. The predicted molar refractivity (Wildman–Crippen MR) is 71.9 cm³/mol. The van der Waals surface area contributed by atoms with E-state index in [0.29, 0.717) is 0 Å². The lowest BCUT2D eigenvalue weighted by Crippen LogP contribution is -2.36. The Balaban J connectivity index is 2.91. The zero-order valence-electron chi connectivity index (χ0n) is 11.4. The second-order valence-electron chi connectivity index (χ2n) is 4.12. The molecule has 20 heavy (non-hydrogen) atoms. The summed E-state index contributed by atoms with van der Waals surface area (Å²) in [5.41, 5.74) is 5.36. The van der Waals surface area contributed by atoms with Crippen molar-refractivity contribution in [3.8, 4) is 0 Å². The lowest BCUT2D eigenvalue weighted by atomic mass is 10.4. The Morgan fingerprint density at radius 3 is 2.80 bits per heavy atom. The van der Waals surface area contributed by atoms with Gasteiger partial charge in [-0.15, -0.1) is 0 Å². The number of nitrogens with zero attached hydrogens (tertiary/aromatic N) is 4. The molecule has 0 unspecified atom stereocenters. The number of methoxy groups -OCH3 is 1. The van der Waals surface area contributed by atoms with Crippen LogP contribution in [-0.4, -0.2) is 60.1 Å². The fraction of sp³-hybridized carbons (Fsp3) is 0.600. The first-order chi connectivity index (χ1) is 9.41. The third kappa shape index (κ3) is 4.18. The van der Waals surface area contributed by atoms with Crippen LogP contribution >= 0.6 is 0 Å². The molecule has 1 aromatic rings. The van der Waals surface area contributed by atoms with E-state index in [2.05, 4.69) is 10.1 Å². The molecule has 9 nitrogen and oxygen atoms in total. The van der Waals surface area contributed by atoms with Crippen LogP contribution in [0, 0.1) is 0 Å². The van der Waals surface area contributed by atoms with Gasteiger partial charge in [-0.3, -0.25) is 0 Å². The Hall–Kier alpha value is -1.65. The van der Waals surface area contributed by atoms with Crippen molar-refractivity contribution >= 4 is 15.9 Å². The highest BCUT2D eigenvalue weighted by Crippen LogP contribution is 2.13. The highest BCUT2D eigenvalue weighted by atomic mass is 32.2. The first kappa shape index (κ1) is 16.4. The second kappa shape index (κ2) is 7.22. The van der Waals surface area contributed by atoms with Crippen molar-refractivity contribution in [3.63, 3.8) is 0 Å². The van der Waals surface area contributed by atoms with Crippen molar-refractivity contribution < 1.29 is 18.4 Å². The summed E-state index contributed by atoms with van der Waals surface area (Å²) in [6.07, 6.45) is 2.94. The molecule has 0 saturated heterocycles. The number of oxime groups is 1. The fourth-order valence-electron chi connectivity index (χ4n) is 1.49. The van der Waals surface area contributed by atoms with Crippen molar-refractivity contribution in [2.24, 2.45) is 17.9 Å². The number of hydrogen-bond donors (Lipinski definition) is 2. The molecule has 0 aliphatic carbocycles. The summed E-state index contributed by atoms with van der Waals surface area (Å²) in [6.45, 7) is 0.481. The summed E-state index contributed by atoms with van der Waals surface area (Å²) in [5.74, 6) is -0.0383. The molecule has 0 radical (unpaired) electrons. The number of sulfonamides is 1. The molecule has 1 heterocycles. The summed E-state index contributed by atoms with van der Waals surface area (Å²) < 4.78 is 32.4. The molecule has 0 saturated carbocycles. The quantitative estimate of drug-likeness (QED) is 0.280. The van der Waals surface area contributed by atoms with E-state index in [1.807, 2.05) is 0 Å². The average Bonchev–Trinajstić information content (AvgIpc) is 2.85. The monoisotopic (exact) mass is 305 g/mol. The average molecular weight is 305 g/mol. The lowest BCUT2D eigenvalue weighted by molar-refractivity contribution is 0.179. The van der Waals surface area contributed by atoms with Crippen LogP contribution in [-0.2, 0) is 21.8 Å². The molecule has 114 valence electrons. The Kier molecular flexibility index (Phi) is 5.92. The zero-order valence-corrected chi connectivity index (χ0v) is 12.2. The number of aromatic nitrogens is 2. The van der Waals surface area contributed by atoms with Gasteiger partial charge in [0, 0.05) is 39.9 Å². The van der Waals surface area contributed by atoms with Crippen molar-refractivity contribution in [3.05, 3.63) is 12.5 Å². The SMILES string of the molecule is COCCN(CCC(N)=NO)S(=O)(=O)c1cn(C)cn1. The standard InChI is InChI=1S/C10H19N5O4S/c1-14-7-10(12-8-14)20(17,18)15(5-6-19-2)4-3-9(11)13-16/h7-8,16H,3-6H2,1-2H3,(H2,11,13). The number of amidine groups is 1. The van der Waals surface area contributed by atoms with Gasteiger partial charge in [-0.1, -0.05) is 5.16 Å². The Labute approximate surface area is 117 Å². The summed E-state index contributed by atoms with van der Waals surface area (Å²) >= 11 is 0. The van der Waals surface area contributed by atoms with Gasteiger partial charge in [0.15, 0.2) is 5.03 Å². The first-order valence-electron chi connectivity index (χ1n) is 5.85. The number of rotatable bonds is 8. The van der Waals surface area contributed by atoms with Crippen LogP contribution in [0.5, 0.6) is 0 Å². The van der Waals surface area contributed by atoms with Crippen LogP contribution in [0.4, 0.5) is 0 Å². The van der Waals surface area contributed by atoms with Gasteiger partial charge in [-0.05, 0) is 0 Å². The predicted octanol–water partition coefficient (Wildman–Crippen LogP) is -0.806. The van der Waals surface area contributed by atoms with Gasteiger partial charge < -0.3 is 20.2 Å². The highest BCUT2D eigenvalue weighted by Gasteiger charge is 2.26. The van der Waals surface area contributed by atoms with E-state index in [-0.39, 0.29) is 37.0 Å². The van der Waals surface area contributed by atoms with Crippen LogP contribution in [0.25, 0.3) is 0 Å². The van der Waals surface area contributed by atoms with E-state index in [9.17, 15) is 8.42 Å². The van der Waals surface area contributed by atoms with Crippen molar-refractivity contribution in [2.45, 2.75) is 11.4 Å². The topological polar surface area (TPSA) is 123 Å². The smallest absolute Gasteiger partial charge is 0.262 e. The molecule has 0 atom stereocenters. The molecule has 1 rings (SSSR count). The van der Waals surface area contributed by atoms with E-state index in [4.69, 9.17) is 15.7 Å². The van der Waals surface area contributed by atoms with Crippen LogP contribution in [0.2, 0.25) is 0 Å². The first-order valence-corrected chi connectivity index (χ1v) is 7.29. The normalized spacial score (nSPS) is 13.1. The maximum atomic E-state index is 12.4. The second-order valence-corrected chi connectivity index (χ2v) is 6.00. The summed E-state index contributed by atoms with van der Waals surface area (Å²) in [6, 6.07) is 0. The molecule has 3 N–H and O–H groups in total. The fourth-order valence-corrected chi connectivity index (χ4v) is 2.88. The van der Waals surface area contributed by atoms with Gasteiger partial charge in [0.1, 0.15) is 5.84 Å². The van der Waals surface area contributed by atoms with Gasteiger partial charge in [0.05, 0.1) is 12.9 Å². The number of nitrogens with two attached hydrogens (primary N) is 1. The summed E-state index contributed by atoms with van der Waals surface area (Å²) in [5, 5.41) is 11.3. The Bertz CT molecular complexity index is 554. The van der Waals surface area contributed by atoms with Crippen LogP contribution in [0.1, 0.15) is 6.42 Å². The number of hydrogen-bond acceptors (Lipinski definition) is 6. The molecule has 0 bridgehead atoms. The molecular weight excluding hydrogens is 286 g/mol. The van der Waals surface area contributed by atoms with Crippen LogP contribution in [0.15, 0.2) is 22.7 Å². The van der Waals surface area contributed by atoms with E-state index in [1.54, 1.807) is 11.6 Å². The van der Waals surface area contributed by atoms with Gasteiger partial charge in [-0.2, -0.15) is 4.31 Å². The largest absolute Gasteiger partial charge is 0.409 e. The van der Waals surface area contributed by atoms with E-state index >= 15 is 0 Å². The number of aryl methyl sites for hydroxylation is 1. The number of imidazole rings is 1. The molecule has 1 aromatic heterocycles. The summed E-state index contributed by atoms with van der Waals surface area (Å²) in [7, 11) is -0.563. The minimum absolute atomic E-state index is 0.0383. The van der Waals surface area contributed by atoms with Crippen LogP contribution in [0.3, 0.4) is 0 Å². The van der Waals surface area contributed by atoms with Gasteiger partial charge >= 0.3 is 0 Å². The number of ether oxygens (including phenoxy) is 1. The minimum Gasteiger partial charge on any atom is -0.409 e. The van der Waals surface area contributed by atoms with E-state index in [1.165, 1.54) is 23.9 Å². The highest BCUT2D eigenvalue weighted by molar-refractivity contribution is 7.89. The summed E-state index contributed by atoms with van der Waals surface area (Å²) in [4.78, 5) is 3.85. The Morgan fingerprint density at radius 2 is 2.30 bits per heavy atom. The van der Waals surface area contributed by atoms with Crippen molar-refractivity contribution in [1.29, 1.82) is 0 Å². The molecule has 10 heteroatoms. The van der Waals surface area contributed by atoms with Gasteiger partial charge in [0.25, 0.3) is 10.0 Å². The molecular formula is C10H19N5O4S. The Morgan fingerprint density at radius 1 is 1.60 bits per heavy atom. The lowest BCUT2D eigenvalue weighted by Gasteiger charge is -2.20. The van der Waals surface area contributed by atoms with E-state index in [0.717, 1.165) is 0 Å². The minimum atomic E-state index is -3.73. The molecule has 0 fully saturated rings. The molecule has 0 aromatic carbocycles. The van der Waals surface area contributed by atoms with Crippen molar-refractivity contribution in [2.75, 3.05) is 26.8 Å². The molecule has 0 aliphatic rings. The maximum absolute atomic E-state index is 12.4. The van der Waals surface area contributed by atoms with E-state index < -0.39 is 10.0 Å². The van der Waals surface area contributed by atoms with Gasteiger partial charge in [-0.25, -0.2) is 13.4 Å².